The Bertz CT molecular complexity index is 1290. The van der Waals surface area contributed by atoms with E-state index in [-0.39, 0.29) is 42.1 Å². The van der Waals surface area contributed by atoms with Crippen molar-refractivity contribution in [3.63, 3.8) is 0 Å². The highest BCUT2D eigenvalue weighted by Gasteiger charge is 2.31. The third-order valence-corrected chi connectivity index (χ3v) is 6.65. The summed E-state index contributed by atoms with van der Waals surface area (Å²) < 4.78 is 10.8. The summed E-state index contributed by atoms with van der Waals surface area (Å²) in [6.45, 7) is 3.54. The molecule has 0 unspecified atom stereocenters. The molecule has 0 saturated heterocycles. The van der Waals surface area contributed by atoms with E-state index >= 15 is 0 Å². The topological polar surface area (TPSA) is 111 Å². The molecule has 9 nitrogen and oxygen atoms in total. The number of methoxy groups -OCH3 is 1. The van der Waals surface area contributed by atoms with Crippen molar-refractivity contribution in [1.29, 1.82) is 0 Å². The third-order valence-electron chi connectivity index (χ3n) is 6.28. The molecular weight excluding hydrogens is 522 g/mol. The first-order chi connectivity index (χ1) is 18.7. The molecule has 2 amide bonds. The molecule has 0 aliphatic carbocycles. The molecule has 3 aromatic carbocycles. The van der Waals surface area contributed by atoms with Crippen LogP contribution >= 0.6 is 11.6 Å². The van der Waals surface area contributed by atoms with Crippen LogP contribution in [0.1, 0.15) is 31.4 Å². The van der Waals surface area contributed by atoms with E-state index in [1.165, 1.54) is 30.2 Å². The van der Waals surface area contributed by atoms with Gasteiger partial charge in [0, 0.05) is 36.2 Å². The molecule has 0 saturated carbocycles. The maximum absolute atomic E-state index is 13.7. The van der Waals surface area contributed by atoms with Crippen LogP contribution < -0.4 is 14.8 Å². The molecule has 0 aliphatic heterocycles. The van der Waals surface area contributed by atoms with Gasteiger partial charge in [0.15, 0.2) is 6.61 Å². The second-order valence-corrected chi connectivity index (χ2v) is 9.42. The predicted molar refractivity (Wildman–Crippen MR) is 149 cm³/mol. The van der Waals surface area contributed by atoms with E-state index in [9.17, 15) is 19.7 Å². The summed E-state index contributed by atoms with van der Waals surface area (Å²) in [5.41, 5.74) is 1.35. The van der Waals surface area contributed by atoms with Gasteiger partial charge in [0.1, 0.15) is 11.8 Å². The van der Waals surface area contributed by atoms with Gasteiger partial charge in [-0.15, -0.1) is 0 Å². The van der Waals surface area contributed by atoms with Crippen molar-refractivity contribution < 1.29 is 24.0 Å². The van der Waals surface area contributed by atoms with Crippen LogP contribution in [0.2, 0.25) is 5.02 Å². The fraction of sp³-hybridized carbons (Fsp3) is 0.310. The van der Waals surface area contributed by atoms with E-state index < -0.39 is 23.5 Å². The summed E-state index contributed by atoms with van der Waals surface area (Å²) in [4.78, 5) is 39.3. The average Bonchev–Trinajstić information content (AvgIpc) is 2.94. The summed E-state index contributed by atoms with van der Waals surface area (Å²) in [5.74, 6) is -0.516. The highest BCUT2D eigenvalue weighted by atomic mass is 35.5. The molecule has 0 radical (unpaired) electrons. The Labute approximate surface area is 232 Å². The maximum atomic E-state index is 13.7. The Morgan fingerprint density at radius 3 is 2.41 bits per heavy atom. The van der Waals surface area contributed by atoms with Gasteiger partial charge in [-0.1, -0.05) is 67.1 Å². The molecule has 3 aromatic rings. The molecule has 10 heteroatoms. The summed E-state index contributed by atoms with van der Waals surface area (Å²) >= 11 is 6.43. The number of carbonyl (C=O) groups excluding carboxylic acids is 2. The Hall–Kier alpha value is -4.11. The Kier molecular flexibility index (Phi) is 10.7. The van der Waals surface area contributed by atoms with Crippen molar-refractivity contribution >= 4 is 29.1 Å². The summed E-state index contributed by atoms with van der Waals surface area (Å²) in [6, 6.07) is 19.6. The van der Waals surface area contributed by atoms with E-state index in [0.717, 1.165) is 12.0 Å². The van der Waals surface area contributed by atoms with Crippen molar-refractivity contribution in [3.8, 4) is 11.5 Å². The standard InChI is InChI=1S/C29H32ClN3O6/c1-4-20(2)31-29(35)26(16-21-10-6-5-7-11-21)32(18-22-12-8-9-13-24(22)30)28(34)19-39-23-14-15-25(33(36)37)27(17-23)38-3/h5-15,17,20,26H,4,16,18-19H2,1-3H3,(H,31,35)/t20-,26-/m0/s1. The zero-order valence-corrected chi connectivity index (χ0v) is 22.9. The van der Waals surface area contributed by atoms with Crippen molar-refractivity contribution in [2.24, 2.45) is 0 Å². The monoisotopic (exact) mass is 553 g/mol. The number of nitrogens with one attached hydrogen (secondary N) is 1. The lowest BCUT2D eigenvalue weighted by Crippen LogP contribution is -2.53. The van der Waals surface area contributed by atoms with Crippen LogP contribution in [0.3, 0.4) is 0 Å². The number of nitro benzene ring substituents is 1. The predicted octanol–water partition coefficient (Wildman–Crippen LogP) is 5.19. The van der Waals surface area contributed by atoms with Crippen LogP contribution in [0, 0.1) is 10.1 Å². The van der Waals surface area contributed by atoms with Gasteiger partial charge in [0.25, 0.3) is 5.91 Å². The Morgan fingerprint density at radius 2 is 1.77 bits per heavy atom. The molecular formula is C29H32ClN3O6. The van der Waals surface area contributed by atoms with Crippen molar-refractivity contribution in [2.75, 3.05) is 13.7 Å². The molecule has 0 spiro atoms. The van der Waals surface area contributed by atoms with Gasteiger partial charge in [-0.3, -0.25) is 19.7 Å². The summed E-state index contributed by atoms with van der Waals surface area (Å²) in [5, 5.41) is 14.7. The second kappa shape index (κ2) is 14.2. The molecule has 39 heavy (non-hydrogen) atoms. The quantitative estimate of drug-likeness (QED) is 0.230. The number of hydrogen-bond donors (Lipinski definition) is 1. The van der Waals surface area contributed by atoms with Crippen molar-refractivity contribution in [1.82, 2.24) is 10.2 Å². The van der Waals surface area contributed by atoms with Gasteiger partial charge in [-0.2, -0.15) is 0 Å². The average molecular weight is 554 g/mol. The molecule has 0 aromatic heterocycles. The fourth-order valence-corrected chi connectivity index (χ4v) is 4.13. The van der Waals surface area contributed by atoms with Crippen LogP contribution in [0.25, 0.3) is 0 Å². The molecule has 0 bridgehead atoms. The van der Waals surface area contributed by atoms with E-state index in [1.54, 1.807) is 18.2 Å². The molecule has 0 fully saturated rings. The molecule has 1 N–H and O–H groups in total. The number of benzene rings is 3. The lowest BCUT2D eigenvalue weighted by molar-refractivity contribution is -0.385. The number of nitrogens with zero attached hydrogens (tertiary/aromatic N) is 2. The number of carbonyl (C=O) groups is 2. The minimum absolute atomic E-state index is 0.00718. The fourth-order valence-electron chi connectivity index (χ4n) is 3.93. The van der Waals surface area contributed by atoms with Gasteiger partial charge in [-0.25, -0.2) is 0 Å². The SMILES string of the molecule is CC[C@H](C)NC(=O)[C@H](Cc1ccccc1)N(Cc1ccccc1Cl)C(=O)COc1ccc([N+](=O)[O-])c(OC)c1. The highest BCUT2D eigenvalue weighted by Crippen LogP contribution is 2.31. The number of rotatable bonds is 13. The normalized spacial score (nSPS) is 12.2. The van der Waals surface area contributed by atoms with Crippen LogP contribution in [0.5, 0.6) is 11.5 Å². The smallest absolute Gasteiger partial charge is 0.311 e. The number of amides is 2. The van der Waals surface area contributed by atoms with Gasteiger partial charge >= 0.3 is 5.69 Å². The van der Waals surface area contributed by atoms with E-state index in [2.05, 4.69) is 5.32 Å². The second-order valence-electron chi connectivity index (χ2n) is 9.02. The zero-order chi connectivity index (χ0) is 28.4. The number of nitro groups is 1. The lowest BCUT2D eigenvalue weighted by Gasteiger charge is -2.32. The molecule has 2 atom stereocenters. The largest absolute Gasteiger partial charge is 0.490 e. The van der Waals surface area contributed by atoms with Crippen molar-refractivity contribution in [2.45, 2.75) is 45.3 Å². The van der Waals surface area contributed by atoms with Crippen LogP contribution in [0.4, 0.5) is 5.69 Å². The molecule has 0 aliphatic rings. The first kappa shape index (κ1) is 29.4. The van der Waals surface area contributed by atoms with Crippen LogP contribution in [-0.2, 0) is 22.6 Å². The zero-order valence-electron chi connectivity index (χ0n) is 22.1. The Balaban J connectivity index is 1.93. The van der Waals surface area contributed by atoms with Crippen LogP contribution in [-0.4, -0.2) is 47.4 Å². The molecule has 206 valence electrons. The van der Waals surface area contributed by atoms with Gasteiger partial charge < -0.3 is 19.7 Å². The van der Waals surface area contributed by atoms with Crippen molar-refractivity contribution in [3.05, 3.63) is 99.1 Å². The Morgan fingerprint density at radius 1 is 1.08 bits per heavy atom. The minimum atomic E-state index is -0.847. The molecule has 3 rings (SSSR count). The highest BCUT2D eigenvalue weighted by molar-refractivity contribution is 6.31. The van der Waals surface area contributed by atoms with E-state index in [1.807, 2.05) is 50.2 Å². The number of halogens is 1. The lowest BCUT2D eigenvalue weighted by atomic mass is 10.0. The molecule has 0 heterocycles. The number of ether oxygens (including phenoxy) is 2. The first-order valence-electron chi connectivity index (χ1n) is 12.6. The van der Waals surface area contributed by atoms with Gasteiger partial charge in [-0.05, 0) is 36.6 Å². The maximum Gasteiger partial charge on any atom is 0.311 e. The van der Waals surface area contributed by atoms with Crippen LogP contribution in [0.15, 0.2) is 72.8 Å². The van der Waals surface area contributed by atoms with Gasteiger partial charge in [0.2, 0.25) is 11.7 Å². The number of hydrogen-bond acceptors (Lipinski definition) is 6. The van der Waals surface area contributed by atoms with E-state index in [4.69, 9.17) is 21.1 Å². The first-order valence-corrected chi connectivity index (χ1v) is 12.9. The summed E-state index contributed by atoms with van der Waals surface area (Å²) in [7, 11) is 1.31. The third kappa shape index (κ3) is 8.19. The summed E-state index contributed by atoms with van der Waals surface area (Å²) in [6.07, 6.45) is 1.01. The van der Waals surface area contributed by atoms with Gasteiger partial charge in [0.05, 0.1) is 12.0 Å². The minimum Gasteiger partial charge on any atom is -0.490 e. The van der Waals surface area contributed by atoms with E-state index in [0.29, 0.717) is 10.6 Å².